The first kappa shape index (κ1) is 27.2. The van der Waals surface area contributed by atoms with Gasteiger partial charge in [-0.15, -0.1) is 0 Å². The van der Waals surface area contributed by atoms with Crippen LogP contribution in [0.5, 0.6) is 5.75 Å². The normalized spacial score (nSPS) is 14.4. The van der Waals surface area contributed by atoms with Crippen molar-refractivity contribution in [3.63, 3.8) is 0 Å². The molecule has 3 aromatic carbocycles. The highest BCUT2D eigenvalue weighted by atomic mass is 79.9. The predicted molar refractivity (Wildman–Crippen MR) is 147 cm³/mol. The number of benzene rings is 3. The molecular formula is C26H18BrCl2FN2O4S. The summed E-state index contributed by atoms with van der Waals surface area (Å²) in [5.41, 5.74) is 1.94. The number of nitrogens with one attached hydrogen (secondary N) is 1. The average molecular weight is 624 g/mol. The standard InChI is InChI=1S/C26H18BrCl2FN2O4S/c1-14-5-7-17(11-20(14)29)31-24(33)13-36-22-8-6-16(27)9-15(22)10-23-25(34)32(26(35)37-23)12-18-19(28)3-2-4-21(18)30/h2-11H,12-13H2,1H3,(H,31,33)/b23-10-. The van der Waals surface area contributed by atoms with Crippen molar-refractivity contribution in [2.75, 3.05) is 11.9 Å². The highest BCUT2D eigenvalue weighted by Crippen LogP contribution is 2.36. The molecule has 1 heterocycles. The SMILES string of the molecule is Cc1ccc(NC(=O)COc2ccc(Br)cc2/C=C2\SC(=O)N(Cc3c(F)cccc3Cl)C2=O)cc1Cl. The van der Waals surface area contributed by atoms with E-state index in [0.717, 1.165) is 22.2 Å². The van der Waals surface area contributed by atoms with Crippen molar-refractivity contribution in [1.29, 1.82) is 0 Å². The summed E-state index contributed by atoms with van der Waals surface area (Å²) in [4.78, 5) is 39.0. The van der Waals surface area contributed by atoms with Gasteiger partial charge < -0.3 is 10.1 Å². The summed E-state index contributed by atoms with van der Waals surface area (Å²) in [7, 11) is 0. The minimum absolute atomic E-state index is 0.0556. The minimum atomic E-state index is -0.607. The molecule has 3 amide bonds. The number of anilines is 1. The number of carbonyl (C=O) groups is 3. The van der Waals surface area contributed by atoms with Gasteiger partial charge in [0.15, 0.2) is 6.61 Å². The molecule has 1 saturated heterocycles. The molecule has 0 aliphatic carbocycles. The Balaban J connectivity index is 1.49. The Bertz CT molecular complexity index is 1430. The summed E-state index contributed by atoms with van der Waals surface area (Å²) in [6.45, 7) is 1.26. The zero-order valence-corrected chi connectivity index (χ0v) is 23.1. The Hall–Kier alpha value is -2.85. The number of carbonyl (C=O) groups excluding carboxylic acids is 3. The van der Waals surface area contributed by atoms with Crippen LogP contribution in [0, 0.1) is 12.7 Å². The van der Waals surface area contributed by atoms with Gasteiger partial charge in [0.2, 0.25) is 0 Å². The van der Waals surface area contributed by atoms with Crippen molar-refractivity contribution in [2.45, 2.75) is 13.5 Å². The van der Waals surface area contributed by atoms with E-state index in [2.05, 4.69) is 21.2 Å². The van der Waals surface area contributed by atoms with Gasteiger partial charge in [-0.3, -0.25) is 19.3 Å². The van der Waals surface area contributed by atoms with Gasteiger partial charge in [-0.05, 0) is 72.8 Å². The minimum Gasteiger partial charge on any atom is -0.483 e. The van der Waals surface area contributed by atoms with E-state index >= 15 is 0 Å². The third-order valence-corrected chi connectivity index (χ3v) is 7.49. The Morgan fingerprint density at radius 2 is 1.92 bits per heavy atom. The molecule has 0 radical (unpaired) electrons. The summed E-state index contributed by atoms with van der Waals surface area (Å²) in [6.07, 6.45) is 1.49. The Kier molecular flexibility index (Phi) is 8.59. The summed E-state index contributed by atoms with van der Waals surface area (Å²) in [5, 5.41) is 2.81. The Morgan fingerprint density at radius 1 is 1.14 bits per heavy atom. The molecule has 6 nitrogen and oxygen atoms in total. The number of aryl methyl sites for hydroxylation is 1. The molecule has 11 heteroatoms. The van der Waals surface area contributed by atoms with Crippen molar-refractivity contribution < 1.29 is 23.5 Å². The van der Waals surface area contributed by atoms with E-state index in [-0.39, 0.29) is 28.6 Å². The van der Waals surface area contributed by atoms with Crippen LogP contribution >= 0.6 is 50.9 Å². The largest absolute Gasteiger partial charge is 0.483 e. The van der Waals surface area contributed by atoms with Crippen molar-refractivity contribution >= 4 is 79.7 Å². The van der Waals surface area contributed by atoms with E-state index in [1.165, 1.54) is 24.3 Å². The average Bonchev–Trinajstić information content (AvgIpc) is 3.10. The maximum Gasteiger partial charge on any atom is 0.293 e. The summed E-state index contributed by atoms with van der Waals surface area (Å²) >= 11 is 16.3. The molecule has 0 aromatic heterocycles. The summed E-state index contributed by atoms with van der Waals surface area (Å²) in [6, 6.07) is 14.4. The van der Waals surface area contributed by atoms with Crippen molar-refractivity contribution in [1.82, 2.24) is 4.90 Å². The molecule has 1 aliphatic rings. The number of halogens is 4. The lowest BCUT2D eigenvalue weighted by Gasteiger charge is -2.14. The second-order valence-electron chi connectivity index (χ2n) is 7.95. The molecule has 0 bridgehead atoms. The number of ether oxygens (including phenoxy) is 1. The van der Waals surface area contributed by atoms with Crippen LogP contribution < -0.4 is 10.1 Å². The number of rotatable bonds is 7. The van der Waals surface area contributed by atoms with E-state index in [4.69, 9.17) is 27.9 Å². The zero-order valence-electron chi connectivity index (χ0n) is 19.2. The molecule has 1 aliphatic heterocycles. The molecule has 0 saturated carbocycles. The van der Waals surface area contributed by atoms with Gasteiger partial charge in [0.05, 0.1) is 11.4 Å². The second-order valence-corrected chi connectivity index (χ2v) is 10.7. The fourth-order valence-electron chi connectivity index (χ4n) is 3.39. The number of nitrogens with zero attached hydrogens (tertiary/aromatic N) is 1. The topological polar surface area (TPSA) is 75.7 Å². The van der Waals surface area contributed by atoms with Crippen molar-refractivity contribution in [3.05, 3.63) is 96.5 Å². The summed E-state index contributed by atoms with van der Waals surface area (Å²) in [5.74, 6) is -1.28. The molecular weight excluding hydrogens is 606 g/mol. The third-order valence-electron chi connectivity index (χ3n) is 5.32. The Labute approximate surface area is 234 Å². The molecule has 0 atom stereocenters. The molecule has 3 aromatic rings. The van der Waals surface area contributed by atoms with E-state index in [1.54, 1.807) is 36.4 Å². The Morgan fingerprint density at radius 3 is 2.65 bits per heavy atom. The lowest BCUT2D eigenvalue weighted by atomic mass is 10.1. The van der Waals surface area contributed by atoms with E-state index in [9.17, 15) is 18.8 Å². The maximum atomic E-state index is 14.2. The second kappa shape index (κ2) is 11.7. The van der Waals surface area contributed by atoms with Crippen LogP contribution in [0.2, 0.25) is 10.0 Å². The van der Waals surface area contributed by atoms with E-state index < -0.39 is 22.9 Å². The maximum absolute atomic E-state index is 14.2. The third kappa shape index (κ3) is 6.54. The fraction of sp³-hybridized carbons (Fsp3) is 0.115. The van der Waals surface area contributed by atoms with Crippen LogP contribution in [0.15, 0.2) is 64.0 Å². The number of thioether (sulfide) groups is 1. The molecule has 0 unspecified atom stereocenters. The van der Waals surface area contributed by atoms with E-state index in [0.29, 0.717) is 26.5 Å². The number of hydrogen-bond acceptors (Lipinski definition) is 5. The smallest absolute Gasteiger partial charge is 0.293 e. The zero-order chi connectivity index (χ0) is 26.7. The van der Waals surface area contributed by atoms with Crippen molar-refractivity contribution in [3.8, 4) is 5.75 Å². The van der Waals surface area contributed by atoms with Crippen molar-refractivity contribution in [2.24, 2.45) is 0 Å². The highest BCUT2D eigenvalue weighted by Gasteiger charge is 2.36. The quantitative estimate of drug-likeness (QED) is 0.277. The molecule has 37 heavy (non-hydrogen) atoms. The van der Waals surface area contributed by atoms with Crippen LogP contribution in [0.4, 0.5) is 14.9 Å². The van der Waals surface area contributed by atoms with E-state index in [1.807, 2.05) is 6.92 Å². The van der Waals surface area contributed by atoms with Gasteiger partial charge in [-0.2, -0.15) is 0 Å². The van der Waals surface area contributed by atoms with Gasteiger partial charge >= 0.3 is 0 Å². The van der Waals surface area contributed by atoms with Gasteiger partial charge in [0.1, 0.15) is 11.6 Å². The predicted octanol–water partition coefficient (Wildman–Crippen LogP) is 7.46. The molecule has 4 rings (SSSR count). The van der Waals surface area contributed by atoms with Gasteiger partial charge in [0, 0.05) is 31.3 Å². The van der Waals surface area contributed by atoms with Crippen LogP contribution in [0.1, 0.15) is 16.7 Å². The van der Waals surface area contributed by atoms with Crippen LogP contribution in [0.25, 0.3) is 6.08 Å². The monoisotopic (exact) mass is 622 g/mol. The van der Waals surface area contributed by atoms with Crippen LogP contribution in [-0.4, -0.2) is 28.6 Å². The van der Waals surface area contributed by atoms with Gasteiger partial charge in [-0.1, -0.05) is 51.3 Å². The van der Waals surface area contributed by atoms with Gasteiger partial charge in [0.25, 0.3) is 17.1 Å². The molecule has 1 N–H and O–H groups in total. The number of imide groups is 1. The summed E-state index contributed by atoms with van der Waals surface area (Å²) < 4.78 is 20.6. The lowest BCUT2D eigenvalue weighted by Crippen LogP contribution is -2.28. The van der Waals surface area contributed by atoms with Crippen LogP contribution in [-0.2, 0) is 16.1 Å². The highest BCUT2D eigenvalue weighted by molar-refractivity contribution is 9.10. The lowest BCUT2D eigenvalue weighted by molar-refractivity contribution is -0.123. The first-order valence-electron chi connectivity index (χ1n) is 10.8. The molecule has 1 fully saturated rings. The fourth-order valence-corrected chi connectivity index (χ4v) is 5.00. The first-order valence-corrected chi connectivity index (χ1v) is 13.2. The van der Waals surface area contributed by atoms with Crippen LogP contribution in [0.3, 0.4) is 0 Å². The first-order chi connectivity index (χ1) is 17.6. The number of amides is 3. The molecule has 190 valence electrons. The van der Waals surface area contributed by atoms with Gasteiger partial charge in [-0.25, -0.2) is 4.39 Å². The number of hydrogen-bond donors (Lipinski definition) is 1. The molecule has 0 spiro atoms.